The van der Waals surface area contributed by atoms with Crippen molar-refractivity contribution in [3.05, 3.63) is 48.0 Å². The lowest BCUT2D eigenvalue weighted by molar-refractivity contribution is -0.234. The first-order valence-electron chi connectivity index (χ1n) is 9.88. The monoisotopic (exact) mass is 370 g/mol. The maximum Gasteiger partial charge on any atom is 0.187 e. The van der Waals surface area contributed by atoms with Crippen molar-refractivity contribution < 1.29 is 23.7 Å². The van der Waals surface area contributed by atoms with E-state index in [9.17, 15) is 4.79 Å². The standard InChI is InChI=1S/C22H26O5/c1-22(2)26-20-18-16-9-8-15(23)10-14(16)11-17(19(18)25-21(20)27-22)24-12-13-6-4-3-5-7-13/h3-9,14,16-21H,10-12H2,1-2H3/t14-,16-,17-,18+,19+,20+,21+/m0/s1. The highest BCUT2D eigenvalue weighted by molar-refractivity contribution is 5.90. The molecule has 1 saturated carbocycles. The fraction of sp³-hybridized carbons (Fsp3) is 0.591. The van der Waals surface area contributed by atoms with Crippen LogP contribution in [0.2, 0.25) is 0 Å². The molecule has 0 N–H and O–H groups in total. The van der Waals surface area contributed by atoms with Gasteiger partial charge >= 0.3 is 0 Å². The summed E-state index contributed by atoms with van der Waals surface area (Å²) < 4.78 is 24.8. The third-order valence-electron chi connectivity index (χ3n) is 6.30. The number of allylic oxidation sites excluding steroid dienone is 2. The Bertz CT molecular complexity index is 742. The average Bonchev–Trinajstić information content (AvgIpc) is 3.12. The summed E-state index contributed by atoms with van der Waals surface area (Å²) in [6.07, 6.45) is 4.62. The topological polar surface area (TPSA) is 54.0 Å². The largest absolute Gasteiger partial charge is 0.371 e. The van der Waals surface area contributed by atoms with E-state index in [1.165, 1.54) is 0 Å². The van der Waals surface area contributed by atoms with Crippen LogP contribution in [0.5, 0.6) is 0 Å². The van der Waals surface area contributed by atoms with Crippen molar-refractivity contribution in [1.82, 2.24) is 0 Å². The summed E-state index contributed by atoms with van der Waals surface area (Å²) in [5, 5.41) is 0. The normalized spacial score (nSPS) is 41.9. The molecule has 2 aliphatic heterocycles. The molecule has 0 amide bonds. The lowest BCUT2D eigenvalue weighted by Gasteiger charge is -2.44. The summed E-state index contributed by atoms with van der Waals surface area (Å²) in [6, 6.07) is 10.2. The van der Waals surface area contributed by atoms with Crippen LogP contribution in [0.4, 0.5) is 0 Å². The molecule has 0 spiro atoms. The third kappa shape index (κ3) is 3.17. The fourth-order valence-corrected chi connectivity index (χ4v) is 5.22. The molecule has 0 unspecified atom stereocenters. The zero-order valence-corrected chi connectivity index (χ0v) is 15.7. The van der Waals surface area contributed by atoms with Gasteiger partial charge in [-0.2, -0.15) is 0 Å². The van der Waals surface area contributed by atoms with Crippen LogP contribution in [0.3, 0.4) is 0 Å². The molecule has 1 aromatic rings. The van der Waals surface area contributed by atoms with Crippen LogP contribution >= 0.6 is 0 Å². The second-order valence-electron chi connectivity index (χ2n) is 8.58. The van der Waals surface area contributed by atoms with Gasteiger partial charge in [-0.15, -0.1) is 0 Å². The molecule has 5 nitrogen and oxygen atoms in total. The molecule has 0 bridgehead atoms. The van der Waals surface area contributed by atoms with Gasteiger partial charge in [0.05, 0.1) is 18.8 Å². The summed E-state index contributed by atoms with van der Waals surface area (Å²) in [5.74, 6) is 0.273. The molecule has 0 radical (unpaired) electrons. The van der Waals surface area contributed by atoms with E-state index in [1.807, 2.05) is 32.0 Å². The predicted octanol–water partition coefficient (Wildman–Crippen LogP) is 3.23. The molecule has 144 valence electrons. The molecule has 5 heteroatoms. The van der Waals surface area contributed by atoms with Gasteiger partial charge < -0.3 is 18.9 Å². The summed E-state index contributed by atoms with van der Waals surface area (Å²) in [6.45, 7) is 4.39. The zero-order valence-electron chi connectivity index (χ0n) is 15.7. The van der Waals surface area contributed by atoms with Gasteiger partial charge in [0.1, 0.15) is 6.10 Å². The van der Waals surface area contributed by atoms with Gasteiger partial charge in [0.25, 0.3) is 0 Å². The second-order valence-corrected chi connectivity index (χ2v) is 8.58. The highest BCUT2D eigenvalue weighted by atomic mass is 16.8. The Hall–Kier alpha value is -1.53. The Balaban J connectivity index is 1.40. The molecular formula is C22H26O5. The van der Waals surface area contributed by atoms with Crippen molar-refractivity contribution in [3.63, 3.8) is 0 Å². The van der Waals surface area contributed by atoms with Crippen LogP contribution in [0.25, 0.3) is 0 Å². The van der Waals surface area contributed by atoms with Gasteiger partial charge in [-0.3, -0.25) is 4.79 Å². The van der Waals surface area contributed by atoms with Gasteiger partial charge in [0.2, 0.25) is 0 Å². The number of hydrogen-bond acceptors (Lipinski definition) is 5. The molecule has 3 fully saturated rings. The molecule has 1 aromatic carbocycles. The van der Waals surface area contributed by atoms with Crippen molar-refractivity contribution in [1.29, 1.82) is 0 Å². The number of hydrogen-bond donors (Lipinski definition) is 0. The van der Waals surface area contributed by atoms with Gasteiger partial charge in [-0.1, -0.05) is 36.4 Å². The number of carbonyl (C=O) groups is 1. The minimum absolute atomic E-state index is 0.0586. The Morgan fingerprint density at radius 1 is 1.15 bits per heavy atom. The van der Waals surface area contributed by atoms with Gasteiger partial charge in [0.15, 0.2) is 17.9 Å². The fourth-order valence-electron chi connectivity index (χ4n) is 5.22. The second kappa shape index (κ2) is 6.52. The number of ketones is 1. The maximum absolute atomic E-state index is 12.0. The van der Waals surface area contributed by atoms with Crippen molar-refractivity contribution in [2.24, 2.45) is 17.8 Å². The third-order valence-corrected chi connectivity index (χ3v) is 6.30. The average molecular weight is 370 g/mol. The molecule has 7 atom stereocenters. The first-order chi connectivity index (χ1) is 13.0. The molecule has 5 rings (SSSR count). The summed E-state index contributed by atoms with van der Waals surface area (Å²) in [7, 11) is 0. The quantitative estimate of drug-likeness (QED) is 0.818. The number of ether oxygens (including phenoxy) is 4. The minimum Gasteiger partial charge on any atom is -0.371 e. The first-order valence-corrected chi connectivity index (χ1v) is 9.88. The Morgan fingerprint density at radius 2 is 1.96 bits per heavy atom. The van der Waals surface area contributed by atoms with Crippen molar-refractivity contribution in [2.75, 3.05) is 0 Å². The van der Waals surface area contributed by atoms with E-state index in [0.717, 1.165) is 12.0 Å². The van der Waals surface area contributed by atoms with E-state index in [0.29, 0.717) is 13.0 Å². The van der Waals surface area contributed by atoms with Crippen LogP contribution in [0.15, 0.2) is 42.5 Å². The Kier molecular flexibility index (Phi) is 4.24. The van der Waals surface area contributed by atoms with E-state index in [1.54, 1.807) is 6.08 Å². The van der Waals surface area contributed by atoms with Gasteiger partial charge in [0, 0.05) is 12.3 Å². The van der Waals surface area contributed by atoms with Crippen molar-refractivity contribution in [2.45, 2.75) is 63.7 Å². The van der Waals surface area contributed by atoms with Crippen LogP contribution in [0.1, 0.15) is 32.3 Å². The lowest BCUT2D eigenvalue weighted by Crippen LogP contribution is -2.50. The smallest absolute Gasteiger partial charge is 0.187 e. The van der Waals surface area contributed by atoms with E-state index in [2.05, 4.69) is 18.2 Å². The van der Waals surface area contributed by atoms with Crippen LogP contribution in [-0.4, -0.2) is 36.2 Å². The van der Waals surface area contributed by atoms with Crippen molar-refractivity contribution >= 4 is 5.78 Å². The highest BCUT2D eigenvalue weighted by Crippen LogP contribution is 2.52. The zero-order chi connectivity index (χ0) is 18.6. The molecule has 4 aliphatic rings. The number of carbonyl (C=O) groups excluding carboxylic acids is 1. The number of benzene rings is 1. The van der Waals surface area contributed by atoms with E-state index in [4.69, 9.17) is 18.9 Å². The minimum atomic E-state index is -0.637. The van der Waals surface area contributed by atoms with Crippen LogP contribution in [0, 0.1) is 17.8 Å². The first kappa shape index (κ1) is 17.6. The number of fused-ring (bicyclic) bond motifs is 5. The van der Waals surface area contributed by atoms with Crippen LogP contribution < -0.4 is 0 Å². The van der Waals surface area contributed by atoms with E-state index >= 15 is 0 Å². The number of rotatable bonds is 3. The van der Waals surface area contributed by atoms with Crippen molar-refractivity contribution in [3.8, 4) is 0 Å². The molecule has 2 aliphatic carbocycles. The highest BCUT2D eigenvalue weighted by Gasteiger charge is 2.61. The molecule has 27 heavy (non-hydrogen) atoms. The summed E-state index contributed by atoms with van der Waals surface area (Å²) in [5.41, 5.74) is 1.14. The van der Waals surface area contributed by atoms with Crippen LogP contribution in [-0.2, 0) is 30.3 Å². The van der Waals surface area contributed by atoms with Gasteiger partial charge in [-0.05, 0) is 43.7 Å². The molecular weight excluding hydrogens is 344 g/mol. The summed E-state index contributed by atoms with van der Waals surface area (Å²) in [4.78, 5) is 12.0. The van der Waals surface area contributed by atoms with Gasteiger partial charge in [-0.25, -0.2) is 0 Å². The van der Waals surface area contributed by atoms with E-state index < -0.39 is 5.79 Å². The Labute approximate surface area is 159 Å². The molecule has 2 saturated heterocycles. The molecule has 2 heterocycles. The van der Waals surface area contributed by atoms with E-state index in [-0.39, 0.29) is 48.1 Å². The SMILES string of the molecule is CC1(C)O[C@H]2O[C@H]3[C@@H]([C@H]4C=CC(=O)C[C@H]4C[C@@H]3OCc3ccccc3)[C@H]2O1. The summed E-state index contributed by atoms with van der Waals surface area (Å²) >= 11 is 0. The lowest BCUT2D eigenvalue weighted by atomic mass is 9.64. The molecule has 0 aromatic heterocycles. The predicted molar refractivity (Wildman–Crippen MR) is 97.6 cm³/mol. The maximum atomic E-state index is 12.0. The Morgan fingerprint density at radius 3 is 2.78 bits per heavy atom.